The van der Waals surface area contributed by atoms with Gasteiger partial charge < -0.3 is 30.3 Å². The molecule has 7 heteroatoms. The molecule has 0 aliphatic heterocycles. The number of aliphatic hydroxyl groups excluding tert-OH is 5. The van der Waals surface area contributed by atoms with E-state index in [0.29, 0.717) is 6.42 Å². The van der Waals surface area contributed by atoms with Crippen LogP contribution in [0.15, 0.2) is 0 Å². The first-order chi connectivity index (χ1) is 14.0. The molecule has 0 aromatic carbocycles. The molecule has 29 heavy (non-hydrogen) atoms. The van der Waals surface area contributed by atoms with E-state index >= 15 is 0 Å². The zero-order valence-corrected chi connectivity index (χ0v) is 18.2. The molecule has 0 spiro atoms. The minimum absolute atomic E-state index is 0.147. The van der Waals surface area contributed by atoms with Crippen LogP contribution < -0.4 is 0 Å². The van der Waals surface area contributed by atoms with Crippen molar-refractivity contribution in [3.05, 3.63) is 0 Å². The first kappa shape index (κ1) is 28.3. The van der Waals surface area contributed by atoms with Crippen molar-refractivity contribution >= 4 is 5.97 Å². The van der Waals surface area contributed by atoms with E-state index in [1.165, 1.54) is 57.8 Å². The average Bonchev–Trinajstić information content (AvgIpc) is 2.73. The molecule has 0 aliphatic carbocycles. The van der Waals surface area contributed by atoms with Gasteiger partial charge >= 0.3 is 5.97 Å². The van der Waals surface area contributed by atoms with Crippen LogP contribution >= 0.6 is 0 Å². The van der Waals surface area contributed by atoms with Crippen molar-refractivity contribution in [1.82, 2.24) is 0 Å². The minimum Gasteiger partial charge on any atom is -0.457 e. The molecular formula is C22H44O7. The summed E-state index contributed by atoms with van der Waals surface area (Å²) in [5.74, 6) is -0.602. The molecule has 0 fully saturated rings. The quantitative estimate of drug-likeness (QED) is 0.151. The molecule has 0 saturated heterocycles. The maximum Gasteiger partial charge on any atom is 0.306 e. The Hall–Kier alpha value is -0.730. The van der Waals surface area contributed by atoms with E-state index in [-0.39, 0.29) is 6.42 Å². The molecule has 0 radical (unpaired) electrons. The van der Waals surface area contributed by atoms with E-state index in [1.807, 2.05) is 0 Å². The topological polar surface area (TPSA) is 127 Å². The van der Waals surface area contributed by atoms with Gasteiger partial charge in [-0.25, -0.2) is 0 Å². The standard InChI is InChI=1S/C22H44O7/c1-2-3-4-5-6-7-8-9-10-11-12-13-14-15-20(27)29-22(19(26)17-24)21(28)18(25)16-23/h18-19,21-26,28H,2-17H2,1H3/t18-,19-,21-,22-/m1/s1. The third-order valence-electron chi connectivity index (χ3n) is 5.24. The highest BCUT2D eigenvalue weighted by Gasteiger charge is 2.34. The van der Waals surface area contributed by atoms with Gasteiger partial charge in [0.2, 0.25) is 0 Å². The molecule has 4 atom stereocenters. The first-order valence-electron chi connectivity index (χ1n) is 11.4. The predicted molar refractivity (Wildman–Crippen MR) is 112 cm³/mol. The molecule has 7 nitrogen and oxygen atoms in total. The van der Waals surface area contributed by atoms with Gasteiger partial charge in [0.05, 0.1) is 13.2 Å². The van der Waals surface area contributed by atoms with Crippen LogP contribution in [-0.4, -0.2) is 69.1 Å². The fraction of sp³-hybridized carbons (Fsp3) is 0.955. The second-order valence-electron chi connectivity index (χ2n) is 7.94. The molecule has 0 aromatic rings. The van der Waals surface area contributed by atoms with Crippen molar-refractivity contribution in [2.24, 2.45) is 0 Å². The van der Waals surface area contributed by atoms with Gasteiger partial charge in [-0.2, -0.15) is 0 Å². The van der Waals surface area contributed by atoms with Gasteiger partial charge in [-0.15, -0.1) is 0 Å². The second-order valence-corrected chi connectivity index (χ2v) is 7.94. The van der Waals surface area contributed by atoms with Gasteiger partial charge in [0, 0.05) is 6.42 Å². The second kappa shape index (κ2) is 19.2. The number of carbonyl (C=O) groups is 1. The Morgan fingerprint density at radius 1 is 0.690 bits per heavy atom. The summed E-state index contributed by atoms with van der Waals surface area (Å²) in [5.41, 5.74) is 0. The lowest BCUT2D eigenvalue weighted by Crippen LogP contribution is -2.49. The molecule has 5 N–H and O–H groups in total. The molecule has 0 unspecified atom stereocenters. The number of rotatable bonds is 20. The van der Waals surface area contributed by atoms with Crippen LogP contribution in [0.5, 0.6) is 0 Å². The Kier molecular flexibility index (Phi) is 18.8. The van der Waals surface area contributed by atoms with E-state index < -0.39 is 43.6 Å². The third-order valence-corrected chi connectivity index (χ3v) is 5.24. The number of carbonyl (C=O) groups excluding carboxylic acids is 1. The maximum atomic E-state index is 11.9. The first-order valence-corrected chi connectivity index (χ1v) is 11.4. The molecule has 0 heterocycles. The average molecular weight is 421 g/mol. The normalized spacial score (nSPS) is 15.7. The van der Waals surface area contributed by atoms with Crippen LogP contribution in [-0.2, 0) is 9.53 Å². The summed E-state index contributed by atoms with van der Waals surface area (Å²) in [5, 5.41) is 46.9. The van der Waals surface area contributed by atoms with Crippen LogP contribution in [0.1, 0.15) is 96.8 Å². The summed E-state index contributed by atoms with van der Waals surface area (Å²) in [4.78, 5) is 11.9. The number of hydrogen-bond acceptors (Lipinski definition) is 7. The minimum atomic E-state index is -1.67. The van der Waals surface area contributed by atoms with Crippen molar-refractivity contribution < 1.29 is 35.1 Å². The third kappa shape index (κ3) is 14.8. The molecular weight excluding hydrogens is 376 g/mol. The lowest BCUT2D eigenvalue weighted by atomic mass is 10.0. The van der Waals surface area contributed by atoms with E-state index in [1.54, 1.807) is 0 Å². The van der Waals surface area contributed by atoms with Gasteiger partial charge in [-0.05, 0) is 6.42 Å². The van der Waals surface area contributed by atoms with E-state index in [9.17, 15) is 20.1 Å². The maximum absolute atomic E-state index is 11.9. The van der Waals surface area contributed by atoms with Crippen molar-refractivity contribution in [2.45, 2.75) is 121 Å². The number of esters is 1. The van der Waals surface area contributed by atoms with Crippen LogP contribution in [0.2, 0.25) is 0 Å². The number of unbranched alkanes of at least 4 members (excludes halogenated alkanes) is 12. The van der Waals surface area contributed by atoms with Gasteiger partial charge in [0.25, 0.3) is 0 Å². The highest BCUT2D eigenvalue weighted by atomic mass is 16.6. The summed E-state index contributed by atoms with van der Waals surface area (Å²) >= 11 is 0. The zero-order valence-electron chi connectivity index (χ0n) is 18.2. The van der Waals surface area contributed by atoms with Gasteiger partial charge in [0.1, 0.15) is 18.3 Å². The molecule has 174 valence electrons. The number of ether oxygens (including phenoxy) is 1. The molecule has 0 amide bonds. The summed E-state index contributed by atoms with van der Waals surface area (Å²) < 4.78 is 5.02. The summed E-state index contributed by atoms with van der Waals surface area (Å²) in [6, 6.07) is 0. The Labute approximate surface area is 176 Å². The Morgan fingerprint density at radius 3 is 1.52 bits per heavy atom. The van der Waals surface area contributed by atoms with Gasteiger partial charge in [0.15, 0.2) is 6.10 Å². The van der Waals surface area contributed by atoms with Crippen molar-refractivity contribution in [3.8, 4) is 0 Å². The van der Waals surface area contributed by atoms with Crippen LogP contribution in [0, 0.1) is 0 Å². The number of aliphatic hydroxyl groups is 5. The Balaban J connectivity index is 3.76. The molecule has 0 aliphatic rings. The van der Waals surface area contributed by atoms with E-state index in [2.05, 4.69) is 6.92 Å². The van der Waals surface area contributed by atoms with Crippen molar-refractivity contribution in [2.75, 3.05) is 13.2 Å². The van der Waals surface area contributed by atoms with Gasteiger partial charge in [-0.3, -0.25) is 4.79 Å². The monoisotopic (exact) mass is 420 g/mol. The zero-order chi connectivity index (χ0) is 21.9. The fourth-order valence-corrected chi connectivity index (χ4v) is 3.30. The molecule has 0 bridgehead atoms. The van der Waals surface area contributed by atoms with E-state index in [4.69, 9.17) is 14.9 Å². The smallest absolute Gasteiger partial charge is 0.306 e. The van der Waals surface area contributed by atoms with Crippen LogP contribution in [0.4, 0.5) is 0 Å². The fourth-order valence-electron chi connectivity index (χ4n) is 3.30. The summed E-state index contributed by atoms with van der Waals surface area (Å²) in [7, 11) is 0. The Morgan fingerprint density at radius 2 is 1.10 bits per heavy atom. The van der Waals surface area contributed by atoms with Crippen LogP contribution in [0.25, 0.3) is 0 Å². The molecule has 0 rings (SSSR count). The molecule has 0 aromatic heterocycles. The lowest BCUT2D eigenvalue weighted by molar-refractivity contribution is -0.177. The van der Waals surface area contributed by atoms with Gasteiger partial charge in [-0.1, -0.05) is 84.0 Å². The predicted octanol–water partition coefficient (Wildman–Crippen LogP) is 2.45. The van der Waals surface area contributed by atoms with E-state index in [0.717, 1.165) is 19.3 Å². The largest absolute Gasteiger partial charge is 0.457 e. The van der Waals surface area contributed by atoms with Crippen molar-refractivity contribution in [3.63, 3.8) is 0 Å². The summed E-state index contributed by atoms with van der Waals surface area (Å²) in [6.45, 7) is 0.758. The lowest BCUT2D eigenvalue weighted by Gasteiger charge is -2.28. The number of hydrogen-bond donors (Lipinski definition) is 5. The highest BCUT2D eigenvalue weighted by Crippen LogP contribution is 2.15. The Bertz CT molecular complexity index is 378. The van der Waals surface area contributed by atoms with Crippen LogP contribution in [0.3, 0.4) is 0 Å². The van der Waals surface area contributed by atoms with Crippen molar-refractivity contribution in [1.29, 1.82) is 0 Å². The SMILES string of the molecule is CCCCCCCCCCCCCCCC(=O)O[C@@H]([C@H](O)[C@H](O)CO)[C@H](O)CO. The summed E-state index contributed by atoms with van der Waals surface area (Å²) in [6.07, 6.45) is 9.48. The highest BCUT2D eigenvalue weighted by molar-refractivity contribution is 5.69. The molecule has 0 saturated carbocycles.